The summed E-state index contributed by atoms with van der Waals surface area (Å²) in [5, 5.41) is 0.807. The number of nitrogens with zero attached hydrogens (tertiary/aromatic N) is 3. The number of hydrogen-bond acceptors (Lipinski definition) is 7. The van der Waals surface area contributed by atoms with Gasteiger partial charge in [-0.15, -0.1) is 0 Å². The SMILES string of the molecule is Nc1nc(Cl)nc2c1ccn2[C@H]1CC[C@@H](COC(=O)OCc2ccccc2)O1. The summed E-state index contributed by atoms with van der Waals surface area (Å²) in [5.41, 5.74) is 7.40. The molecule has 2 atom stereocenters. The molecule has 1 aliphatic rings. The van der Waals surface area contributed by atoms with Crippen molar-refractivity contribution in [3.8, 4) is 0 Å². The number of carbonyl (C=O) groups excluding carboxylic acids is 1. The predicted molar refractivity (Wildman–Crippen MR) is 103 cm³/mol. The van der Waals surface area contributed by atoms with Gasteiger partial charge in [0.2, 0.25) is 5.28 Å². The Morgan fingerprint density at radius 2 is 2.04 bits per heavy atom. The van der Waals surface area contributed by atoms with Crippen LogP contribution in [0.5, 0.6) is 0 Å². The van der Waals surface area contributed by atoms with Gasteiger partial charge in [-0.1, -0.05) is 30.3 Å². The highest BCUT2D eigenvalue weighted by Gasteiger charge is 2.29. The summed E-state index contributed by atoms with van der Waals surface area (Å²) in [7, 11) is 0. The minimum absolute atomic E-state index is 0.0870. The highest BCUT2D eigenvalue weighted by atomic mass is 35.5. The Kier molecular flexibility index (Phi) is 5.31. The van der Waals surface area contributed by atoms with Crippen LogP contribution in [0.15, 0.2) is 42.6 Å². The lowest BCUT2D eigenvalue weighted by Gasteiger charge is -2.16. The van der Waals surface area contributed by atoms with E-state index in [0.29, 0.717) is 11.5 Å². The van der Waals surface area contributed by atoms with Crippen molar-refractivity contribution >= 4 is 34.6 Å². The van der Waals surface area contributed by atoms with Crippen LogP contribution in [0, 0.1) is 0 Å². The molecule has 0 radical (unpaired) electrons. The van der Waals surface area contributed by atoms with E-state index in [9.17, 15) is 4.79 Å². The topological polar surface area (TPSA) is 101 Å². The minimum Gasteiger partial charge on any atom is -0.432 e. The van der Waals surface area contributed by atoms with Gasteiger partial charge in [-0.25, -0.2) is 9.78 Å². The van der Waals surface area contributed by atoms with Gasteiger partial charge in [0.25, 0.3) is 0 Å². The molecule has 3 aromatic rings. The van der Waals surface area contributed by atoms with E-state index in [1.807, 2.05) is 47.2 Å². The van der Waals surface area contributed by atoms with Crippen molar-refractivity contribution in [2.45, 2.75) is 31.8 Å². The molecule has 8 nitrogen and oxygen atoms in total. The normalized spacial score (nSPS) is 19.0. The first-order chi connectivity index (χ1) is 13.6. The second-order valence-electron chi connectivity index (χ2n) is 6.46. The predicted octanol–water partition coefficient (Wildman–Crippen LogP) is 3.70. The minimum atomic E-state index is -0.713. The van der Waals surface area contributed by atoms with Gasteiger partial charge in [0.05, 0.1) is 11.5 Å². The molecule has 1 aliphatic heterocycles. The molecule has 2 aromatic heterocycles. The molecule has 2 N–H and O–H groups in total. The Morgan fingerprint density at radius 3 is 2.86 bits per heavy atom. The van der Waals surface area contributed by atoms with Crippen molar-refractivity contribution in [3.63, 3.8) is 0 Å². The number of benzene rings is 1. The number of nitrogens with two attached hydrogens (primary N) is 1. The maximum absolute atomic E-state index is 11.8. The smallest absolute Gasteiger partial charge is 0.432 e. The van der Waals surface area contributed by atoms with Gasteiger partial charge >= 0.3 is 6.16 Å². The second-order valence-corrected chi connectivity index (χ2v) is 6.80. The molecule has 9 heteroatoms. The molecule has 4 rings (SSSR count). The van der Waals surface area contributed by atoms with Crippen LogP contribution in [-0.4, -0.2) is 33.4 Å². The van der Waals surface area contributed by atoms with Crippen LogP contribution >= 0.6 is 11.6 Å². The third kappa shape index (κ3) is 4.02. The monoisotopic (exact) mass is 402 g/mol. The van der Waals surface area contributed by atoms with Gasteiger partial charge in [0.1, 0.15) is 30.9 Å². The third-order valence-corrected chi connectivity index (χ3v) is 4.73. The Balaban J connectivity index is 1.30. The standard InChI is InChI=1S/C19H19ClN4O4/c20-18-22-16(21)14-8-9-24(17(14)23-18)15-7-6-13(28-15)11-27-19(25)26-10-12-4-2-1-3-5-12/h1-5,8-9,13,15H,6-7,10-11H2,(H2,21,22,23)/t13-,15+/m0/s1. The number of fused-ring (bicyclic) bond motifs is 1. The van der Waals surface area contributed by atoms with E-state index < -0.39 is 6.16 Å². The van der Waals surface area contributed by atoms with E-state index in [4.69, 9.17) is 31.5 Å². The van der Waals surface area contributed by atoms with Crippen molar-refractivity contribution in [1.82, 2.24) is 14.5 Å². The summed E-state index contributed by atoms with van der Waals surface area (Å²) in [6.45, 7) is 0.298. The molecule has 0 bridgehead atoms. The van der Waals surface area contributed by atoms with E-state index in [0.717, 1.165) is 23.8 Å². The summed E-state index contributed by atoms with van der Waals surface area (Å²) in [4.78, 5) is 20.0. The quantitative estimate of drug-likeness (QED) is 0.512. The van der Waals surface area contributed by atoms with Gasteiger partial charge in [-0.05, 0) is 36.1 Å². The van der Waals surface area contributed by atoms with Crippen LogP contribution in [0.2, 0.25) is 5.28 Å². The van der Waals surface area contributed by atoms with E-state index >= 15 is 0 Å². The lowest BCUT2D eigenvalue weighted by Crippen LogP contribution is -2.20. The zero-order chi connectivity index (χ0) is 19.5. The van der Waals surface area contributed by atoms with Crippen LogP contribution in [-0.2, 0) is 20.8 Å². The van der Waals surface area contributed by atoms with Crippen LogP contribution < -0.4 is 5.73 Å². The van der Waals surface area contributed by atoms with Crippen molar-refractivity contribution in [2.24, 2.45) is 0 Å². The molecule has 28 heavy (non-hydrogen) atoms. The average Bonchev–Trinajstić information content (AvgIpc) is 3.32. The van der Waals surface area contributed by atoms with Crippen LogP contribution in [0.1, 0.15) is 24.6 Å². The van der Waals surface area contributed by atoms with E-state index in [1.54, 1.807) is 0 Å². The summed E-state index contributed by atoms with van der Waals surface area (Å²) in [6, 6.07) is 11.2. The van der Waals surface area contributed by atoms with Gasteiger partial charge in [0.15, 0.2) is 0 Å². The van der Waals surface area contributed by atoms with Gasteiger partial charge in [0, 0.05) is 6.20 Å². The number of aromatic nitrogens is 3. The number of carbonyl (C=O) groups is 1. The second kappa shape index (κ2) is 8.04. The Labute approximate surface area is 166 Å². The van der Waals surface area contributed by atoms with Gasteiger partial charge < -0.3 is 24.5 Å². The Hall–Kier alpha value is -2.84. The average molecular weight is 403 g/mol. The molecular weight excluding hydrogens is 384 g/mol. The fourth-order valence-corrected chi connectivity index (χ4v) is 3.37. The number of ether oxygens (including phenoxy) is 3. The molecule has 0 unspecified atom stereocenters. The molecule has 3 heterocycles. The van der Waals surface area contributed by atoms with Crippen molar-refractivity contribution < 1.29 is 19.0 Å². The summed E-state index contributed by atoms with van der Waals surface area (Å²) >= 11 is 5.92. The van der Waals surface area contributed by atoms with E-state index in [-0.39, 0.29) is 30.8 Å². The highest BCUT2D eigenvalue weighted by Crippen LogP contribution is 2.32. The highest BCUT2D eigenvalue weighted by molar-refractivity contribution is 6.28. The molecule has 146 valence electrons. The maximum atomic E-state index is 11.8. The molecule has 1 aromatic carbocycles. The maximum Gasteiger partial charge on any atom is 0.508 e. The van der Waals surface area contributed by atoms with E-state index in [1.165, 1.54) is 0 Å². The largest absolute Gasteiger partial charge is 0.508 e. The molecule has 0 spiro atoms. The van der Waals surface area contributed by atoms with Gasteiger partial charge in [-0.2, -0.15) is 4.98 Å². The molecule has 1 fully saturated rings. The molecule has 0 saturated carbocycles. The number of halogens is 1. The molecule has 0 aliphatic carbocycles. The van der Waals surface area contributed by atoms with Crippen LogP contribution in [0.4, 0.5) is 10.6 Å². The summed E-state index contributed by atoms with van der Waals surface area (Å²) < 4.78 is 18.1. The number of anilines is 1. The first-order valence-electron chi connectivity index (χ1n) is 8.88. The van der Waals surface area contributed by atoms with Crippen molar-refractivity contribution in [3.05, 3.63) is 53.4 Å². The molecule has 0 amide bonds. The third-order valence-electron chi connectivity index (χ3n) is 4.56. The molecular formula is C19H19ClN4O4. The zero-order valence-corrected chi connectivity index (χ0v) is 15.7. The van der Waals surface area contributed by atoms with Crippen LogP contribution in [0.25, 0.3) is 11.0 Å². The number of rotatable bonds is 5. The van der Waals surface area contributed by atoms with Crippen molar-refractivity contribution in [1.29, 1.82) is 0 Å². The number of nitrogen functional groups attached to an aromatic ring is 1. The van der Waals surface area contributed by atoms with Gasteiger partial charge in [-0.3, -0.25) is 0 Å². The fourth-order valence-electron chi connectivity index (χ4n) is 3.19. The Bertz CT molecular complexity index is 979. The Morgan fingerprint density at radius 1 is 1.21 bits per heavy atom. The first-order valence-corrected chi connectivity index (χ1v) is 9.26. The fraction of sp³-hybridized carbons (Fsp3) is 0.316. The molecule has 1 saturated heterocycles. The van der Waals surface area contributed by atoms with Crippen molar-refractivity contribution in [2.75, 3.05) is 12.3 Å². The summed E-state index contributed by atoms with van der Waals surface area (Å²) in [6.07, 6.45) is 2.16. The first kappa shape index (κ1) is 18.5. The summed E-state index contributed by atoms with van der Waals surface area (Å²) in [5.74, 6) is 0.327. The zero-order valence-electron chi connectivity index (χ0n) is 15.0. The lowest BCUT2D eigenvalue weighted by molar-refractivity contribution is -0.0379. The number of hydrogen-bond donors (Lipinski definition) is 1. The lowest BCUT2D eigenvalue weighted by atomic mass is 10.2. The van der Waals surface area contributed by atoms with E-state index in [2.05, 4.69) is 9.97 Å². The van der Waals surface area contributed by atoms with Crippen LogP contribution in [0.3, 0.4) is 0 Å².